The smallest absolute Gasteiger partial charge is 0.207 e. The third-order valence-electron chi connectivity index (χ3n) is 3.76. The Morgan fingerprint density at radius 2 is 1.88 bits per heavy atom. The zero-order valence-corrected chi connectivity index (χ0v) is 11.5. The van der Waals surface area contributed by atoms with E-state index in [9.17, 15) is 0 Å². The Labute approximate surface area is 104 Å². The first-order valence-corrected chi connectivity index (χ1v) is 6.33. The molecular formula is C16H22N+. The van der Waals surface area contributed by atoms with Crippen LogP contribution >= 0.6 is 0 Å². The lowest BCUT2D eigenvalue weighted by atomic mass is 9.93. The molecule has 0 N–H and O–H groups in total. The van der Waals surface area contributed by atoms with Crippen molar-refractivity contribution in [1.29, 1.82) is 0 Å². The molecular weight excluding hydrogens is 206 g/mol. The Hall–Kier alpha value is -1.37. The predicted molar refractivity (Wildman–Crippen MR) is 74.0 cm³/mol. The van der Waals surface area contributed by atoms with Crippen LogP contribution in [0.2, 0.25) is 0 Å². The topological polar surface area (TPSA) is 3.01 Å². The highest BCUT2D eigenvalue weighted by Gasteiger charge is 2.22. The number of nitrogens with zero attached hydrogens (tertiary/aromatic N) is 1. The van der Waals surface area contributed by atoms with Gasteiger partial charge in [-0.15, -0.1) is 0 Å². The van der Waals surface area contributed by atoms with Gasteiger partial charge in [0.05, 0.1) is 0 Å². The normalized spacial score (nSPS) is 20.5. The Kier molecular flexibility index (Phi) is 3.19. The second kappa shape index (κ2) is 4.48. The van der Waals surface area contributed by atoms with Crippen molar-refractivity contribution in [3.63, 3.8) is 0 Å². The van der Waals surface area contributed by atoms with Gasteiger partial charge in [0, 0.05) is 17.6 Å². The number of benzene rings is 1. The van der Waals surface area contributed by atoms with Crippen LogP contribution in [0.4, 0.5) is 0 Å². The minimum absolute atomic E-state index is 0.662. The summed E-state index contributed by atoms with van der Waals surface area (Å²) >= 11 is 0. The van der Waals surface area contributed by atoms with Crippen molar-refractivity contribution >= 4 is 5.71 Å². The van der Waals surface area contributed by atoms with E-state index in [0.717, 1.165) is 6.54 Å². The van der Waals surface area contributed by atoms with Crippen molar-refractivity contribution in [3.8, 4) is 0 Å². The molecule has 17 heavy (non-hydrogen) atoms. The quantitative estimate of drug-likeness (QED) is 0.649. The molecule has 1 aliphatic heterocycles. The molecule has 0 bridgehead atoms. The Bertz CT molecular complexity index is 506. The molecule has 0 radical (unpaired) electrons. The van der Waals surface area contributed by atoms with E-state index in [2.05, 4.69) is 63.6 Å². The highest BCUT2D eigenvalue weighted by Crippen LogP contribution is 2.19. The van der Waals surface area contributed by atoms with Crippen LogP contribution in [0.25, 0.3) is 0 Å². The summed E-state index contributed by atoms with van der Waals surface area (Å²) in [5, 5.41) is 0. The van der Waals surface area contributed by atoms with Crippen molar-refractivity contribution < 1.29 is 4.58 Å². The number of allylic oxidation sites excluding steroid dienone is 1. The van der Waals surface area contributed by atoms with Gasteiger partial charge in [0.25, 0.3) is 0 Å². The number of aryl methyl sites for hydroxylation is 2. The van der Waals surface area contributed by atoms with E-state index in [1.54, 1.807) is 0 Å². The van der Waals surface area contributed by atoms with Crippen LogP contribution in [0.15, 0.2) is 29.8 Å². The van der Waals surface area contributed by atoms with Crippen LogP contribution in [-0.4, -0.2) is 23.9 Å². The van der Waals surface area contributed by atoms with Crippen LogP contribution in [0.1, 0.15) is 30.5 Å². The molecule has 0 saturated carbocycles. The number of hydrogen-bond donors (Lipinski definition) is 0. The zero-order chi connectivity index (χ0) is 12.6. The minimum Gasteiger partial charge on any atom is -0.231 e. The van der Waals surface area contributed by atoms with Crippen molar-refractivity contribution in [1.82, 2.24) is 0 Å². The Morgan fingerprint density at radius 3 is 2.53 bits per heavy atom. The molecule has 90 valence electrons. The fraction of sp³-hybridized carbons (Fsp3) is 0.438. The fourth-order valence-electron chi connectivity index (χ4n) is 2.51. The summed E-state index contributed by atoms with van der Waals surface area (Å²) in [6.45, 7) is 9.99. The summed E-state index contributed by atoms with van der Waals surface area (Å²) in [6, 6.07) is 6.71. The Balaban J connectivity index is 2.50. The average molecular weight is 228 g/mol. The zero-order valence-electron chi connectivity index (χ0n) is 11.5. The second-order valence-corrected chi connectivity index (χ2v) is 5.37. The van der Waals surface area contributed by atoms with Crippen LogP contribution < -0.4 is 0 Å². The SMILES string of the molecule is CC1=CC(c2ccc(C)cc2C)=[N+](C)CC1C. The van der Waals surface area contributed by atoms with Gasteiger partial charge in [-0.25, -0.2) is 4.58 Å². The Morgan fingerprint density at radius 1 is 1.18 bits per heavy atom. The maximum absolute atomic E-state index is 2.37. The standard InChI is InChI=1S/C16H22N/c1-11-6-7-15(13(3)8-11)16-9-12(2)14(4)10-17(16)5/h6-9,14H,10H2,1-5H3/q+1. The first kappa shape index (κ1) is 12.1. The summed E-state index contributed by atoms with van der Waals surface area (Å²) in [4.78, 5) is 0. The minimum atomic E-state index is 0.662. The summed E-state index contributed by atoms with van der Waals surface area (Å²) in [7, 11) is 2.19. The molecule has 1 aromatic carbocycles. The molecule has 1 aliphatic rings. The van der Waals surface area contributed by atoms with E-state index in [1.807, 2.05) is 0 Å². The van der Waals surface area contributed by atoms with E-state index >= 15 is 0 Å². The lowest BCUT2D eigenvalue weighted by molar-refractivity contribution is -0.503. The molecule has 0 saturated heterocycles. The number of hydrogen-bond acceptors (Lipinski definition) is 0. The maximum Gasteiger partial charge on any atom is 0.207 e. The monoisotopic (exact) mass is 228 g/mol. The summed E-state index contributed by atoms with van der Waals surface area (Å²) in [6.07, 6.45) is 2.34. The predicted octanol–water partition coefficient (Wildman–Crippen LogP) is 3.33. The molecule has 1 atom stereocenters. The maximum atomic E-state index is 2.37. The van der Waals surface area contributed by atoms with E-state index in [1.165, 1.54) is 28.0 Å². The third kappa shape index (κ3) is 2.33. The highest BCUT2D eigenvalue weighted by atomic mass is 15.0. The van der Waals surface area contributed by atoms with E-state index in [4.69, 9.17) is 0 Å². The summed E-state index contributed by atoms with van der Waals surface area (Å²) < 4.78 is 2.37. The summed E-state index contributed by atoms with van der Waals surface area (Å²) in [5.74, 6) is 0.662. The van der Waals surface area contributed by atoms with E-state index < -0.39 is 0 Å². The molecule has 0 aliphatic carbocycles. The van der Waals surface area contributed by atoms with Gasteiger partial charge in [0.1, 0.15) is 13.6 Å². The summed E-state index contributed by atoms with van der Waals surface area (Å²) in [5.41, 5.74) is 6.91. The van der Waals surface area contributed by atoms with Crippen molar-refractivity contribution in [2.45, 2.75) is 27.7 Å². The lowest BCUT2D eigenvalue weighted by Gasteiger charge is -2.18. The first-order valence-electron chi connectivity index (χ1n) is 6.33. The first-order chi connectivity index (χ1) is 7.99. The van der Waals surface area contributed by atoms with Crippen LogP contribution in [0.3, 0.4) is 0 Å². The van der Waals surface area contributed by atoms with Crippen molar-refractivity contribution in [2.24, 2.45) is 5.92 Å². The third-order valence-corrected chi connectivity index (χ3v) is 3.76. The van der Waals surface area contributed by atoms with Crippen LogP contribution in [0.5, 0.6) is 0 Å². The average Bonchev–Trinajstić information content (AvgIpc) is 2.24. The molecule has 0 aromatic heterocycles. The second-order valence-electron chi connectivity index (χ2n) is 5.37. The van der Waals surface area contributed by atoms with E-state index in [-0.39, 0.29) is 0 Å². The van der Waals surface area contributed by atoms with Crippen LogP contribution in [-0.2, 0) is 0 Å². The molecule has 2 rings (SSSR count). The molecule has 1 nitrogen and oxygen atoms in total. The molecule has 1 unspecified atom stereocenters. The molecule has 1 aromatic rings. The van der Waals surface area contributed by atoms with Gasteiger partial charge in [-0.05, 0) is 32.4 Å². The van der Waals surface area contributed by atoms with Crippen molar-refractivity contribution in [2.75, 3.05) is 13.6 Å². The van der Waals surface area contributed by atoms with Crippen molar-refractivity contribution in [3.05, 3.63) is 46.5 Å². The molecule has 0 spiro atoms. The van der Waals surface area contributed by atoms with Gasteiger partial charge in [-0.2, -0.15) is 0 Å². The molecule has 1 heteroatoms. The molecule has 1 heterocycles. The van der Waals surface area contributed by atoms with Gasteiger partial charge in [0.15, 0.2) is 0 Å². The van der Waals surface area contributed by atoms with Gasteiger partial charge in [-0.3, -0.25) is 0 Å². The van der Waals surface area contributed by atoms with Gasteiger partial charge in [0.2, 0.25) is 5.71 Å². The molecule has 0 fully saturated rings. The van der Waals surface area contributed by atoms with Crippen LogP contribution in [0, 0.1) is 19.8 Å². The van der Waals surface area contributed by atoms with Gasteiger partial charge in [-0.1, -0.05) is 30.2 Å². The largest absolute Gasteiger partial charge is 0.231 e. The lowest BCUT2D eigenvalue weighted by Crippen LogP contribution is -2.28. The van der Waals surface area contributed by atoms with Gasteiger partial charge < -0.3 is 0 Å². The van der Waals surface area contributed by atoms with Gasteiger partial charge >= 0.3 is 0 Å². The highest BCUT2D eigenvalue weighted by molar-refractivity contribution is 6.07. The number of rotatable bonds is 1. The fourth-order valence-corrected chi connectivity index (χ4v) is 2.51. The van der Waals surface area contributed by atoms with E-state index in [0.29, 0.717) is 5.92 Å². The molecule has 0 amide bonds.